The van der Waals surface area contributed by atoms with Crippen LogP contribution in [0.3, 0.4) is 0 Å². The fourth-order valence-corrected chi connectivity index (χ4v) is 2.88. The molecule has 27 heavy (non-hydrogen) atoms. The van der Waals surface area contributed by atoms with Crippen LogP contribution in [-0.2, 0) is 11.3 Å². The Morgan fingerprint density at radius 1 is 1.33 bits per heavy atom. The fourth-order valence-electron chi connectivity index (χ4n) is 2.88. The summed E-state index contributed by atoms with van der Waals surface area (Å²) >= 11 is 0. The van der Waals surface area contributed by atoms with Gasteiger partial charge in [-0.3, -0.25) is 5.41 Å². The van der Waals surface area contributed by atoms with Gasteiger partial charge in [-0.1, -0.05) is 17.9 Å². The third-order valence-corrected chi connectivity index (χ3v) is 4.07. The molecule has 0 radical (unpaired) electrons. The molecule has 7 heteroatoms. The SMILES string of the molecule is C/C(N)=C1/C(=N)OC(N)=C(C#N)C1c1cc(C#CCCCO)cc(CO)c1. The van der Waals surface area contributed by atoms with E-state index in [1.165, 1.54) is 0 Å². The molecule has 1 atom stereocenters. The van der Waals surface area contributed by atoms with Crippen molar-refractivity contribution in [1.82, 2.24) is 0 Å². The Bertz CT molecular complexity index is 909. The van der Waals surface area contributed by atoms with Gasteiger partial charge in [0.05, 0.1) is 12.5 Å². The van der Waals surface area contributed by atoms with E-state index >= 15 is 0 Å². The van der Waals surface area contributed by atoms with Gasteiger partial charge >= 0.3 is 0 Å². The second kappa shape index (κ2) is 8.91. The maximum absolute atomic E-state index is 9.61. The largest absolute Gasteiger partial charge is 0.422 e. The number of rotatable bonds is 4. The molecule has 7 N–H and O–H groups in total. The van der Waals surface area contributed by atoms with E-state index in [0.717, 1.165) is 0 Å². The average molecular weight is 366 g/mol. The highest BCUT2D eigenvalue weighted by atomic mass is 16.5. The summed E-state index contributed by atoms with van der Waals surface area (Å²) in [7, 11) is 0. The van der Waals surface area contributed by atoms with E-state index in [1.807, 2.05) is 6.07 Å². The lowest BCUT2D eigenvalue weighted by Crippen LogP contribution is -2.28. The van der Waals surface area contributed by atoms with Crippen LogP contribution < -0.4 is 11.5 Å². The summed E-state index contributed by atoms with van der Waals surface area (Å²) in [5.74, 6) is 4.94. The van der Waals surface area contributed by atoms with Gasteiger partial charge < -0.3 is 26.4 Å². The predicted octanol–water partition coefficient (Wildman–Crippen LogP) is 1.32. The highest BCUT2D eigenvalue weighted by Gasteiger charge is 2.34. The van der Waals surface area contributed by atoms with Crippen molar-refractivity contribution in [2.45, 2.75) is 32.3 Å². The quantitative estimate of drug-likeness (QED) is 0.401. The Morgan fingerprint density at radius 2 is 2.07 bits per heavy atom. The normalized spacial score (nSPS) is 18.3. The number of nitrogens with two attached hydrogens (primary N) is 2. The lowest BCUT2D eigenvalue weighted by atomic mass is 9.81. The maximum atomic E-state index is 9.61. The predicted molar refractivity (Wildman–Crippen MR) is 101 cm³/mol. The van der Waals surface area contributed by atoms with Crippen LogP contribution in [0.2, 0.25) is 0 Å². The summed E-state index contributed by atoms with van der Waals surface area (Å²) < 4.78 is 5.17. The zero-order valence-corrected chi connectivity index (χ0v) is 15.0. The number of nitriles is 1. The molecule has 1 aliphatic heterocycles. The molecule has 140 valence electrons. The van der Waals surface area contributed by atoms with Crippen LogP contribution in [-0.4, -0.2) is 22.7 Å². The van der Waals surface area contributed by atoms with Crippen molar-refractivity contribution >= 4 is 5.90 Å². The van der Waals surface area contributed by atoms with E-state index in [0.29, 0.717) is 40.8 Å². The topological polar surface area (TPSA) is 149 Å². The number of benzene rings is 1. The summed E-state index contributed by atoms with van der Waals surface area (Å²) in [5, 5.41) is 36.1. The van der Waals surface area contributed by atoms with Crippen LogP contribution in [0.15, 0.2) is 40.9 Å². The molecule has 1 unspecified atom stereocenters. The van der Waals surface area contributed by atoms with Crippen molar-refractivity contribution in [3.8, 4) is 17.9 Å². The zero-order chi connectivity index (χ0) is 20.0. The smallest absolute Gasteiger partial charge is 0.219 e. The van der Waals surface area contributed by atoms with Crippen LogP contribution in [0.1, 0.15) is 42.4 Å². The van der Waals surface area contributed by atoms with E-state index in [1.54, 1.807) is 25.1 Å². The summed E-state index contributed by atoms with van der Waals surface area (Å²) in [6.07, 6.45) is 1.12. The summed E-state index contributed by atoms with van der Waals surface area (Å²) in [6, 6.07) is 7.30. The third-order valence-electron chi connectivity index (χ3n) is 4.07. The monoisotopic (exact) mass is 366 g/mol. The Hall–Kier alpha value is -3.26. The molecule has 2 rings (SSSR count). The first-order valence-electron chi connectivity index (χ1n) is 8.40. The molecule has 0 bridgehead atoms. The first-order chi connectivity index (χ1) is 12.9. The van der Waals surface area contributed by atoms with Crippen molar-refractivity contribution in [2.75, 3.05) is 6.61 Å². The van der Waals surface area contributed by atoms with Gasteiger partial charge in [-0.05, 0) is 36.6 Å². The molecule has 1 aromatic rings. The maximum Gasteiger partial charge on any atom is 0.219 e. The molecule has 1 aliphatic rings. The molecule has 0 fully saturated rings. The molecule has 0 aliphatic carbocycles. The molecule has 0 amide bonds. The van der Waals surface area contributed by atoms with Crippen LogP contribution >= 0.6 is 0 Å². The summed E-state index contributed by atoms with van der Waals surface area (Å²) in [5.41, 5.74) is 14.5. The number of aliphatic hydroxyl groups excluding tert-OH is 2. The van der Waals surface area contributed by atoms with E-state index in [2.05, 4.69) is 11.8 Å². The van der Waals surface area contributed by atoms with Crippen LogP contribution in [0.4, 0.5) is 0 Å². The minimum atomic E-state index is -0.675. The first kappa shape index (κ1) is 20.1. The number of ether oxygens (including phenoxy) is 1. The Labute approximate surface area is 158 Å². The number of allylic oxidation sites excluding steroid dienone is 2. The van der Waals surface area contributed by atoms with Crippen molar-refractivity contribution in [1.29, 1.82) is 10.7 Å². The van der Waals surface area contributed by atoms with Gasteiger partial charge in [-0.2, -0.15) is 5.26 Å². The van der Waals surface area contributed by atoms with E-state index in [4.69, 9.17) is 26.7 Å². The standard InChI is InChI=1S/C20H22N4O3/c1-12(22)17-18(16(10-21)19(23)27-20(17)24)15-8-13(5-3-2-4-6-25)7-14(9-15)11-26/h7-9,18,24-26H,2,4,6,11,22-23H2,1H3/b17-12-,24-20?. The second-order valence-electron chi connectivity index (χ2n) is 6.10. The zero-order valence-electron chi connectivity index (χ0n) is 15.0. The second-order valence-corrected chi connectivity index (χ2v) is 6.10. The van der Waals surface area contributed by atoms with Crippen molar-refractivity contribution in [2.24, 2.45) is 11.5 Å². The number of nitrogens with zero attached hydrogens (tertiary/aromatic N) is 1. The number of aliphatic hydroxyl groups is 2. The highest BCUT2D eigenvalue weighted by Crippen LogP contribution is 2.38. The minimum absolute atomic E-state index is 0.0698. The first-order valence-corrected chi connectivity index (χ1v) is 8.40. The molecular formula is C20H22N4O3. The summed E-state index contributed by atoms with van der Waals surface area (Å²) in [4.78, 5) is 0. The highest BCUT2D eigenvalue weighted by molar-refractivity contribution is 5.96. The van der Waals surface area contributed by atoms with E-state index in [9.17, 15) is 10.4 Å². The van der Waals surface area contributed by atoms with Gasteiger partial charge in [0.2, 0.25) is 11.8 Å². The van der Waals surface area contributed by atoms with Crippen molar-refractivity contribution in [3.63, 3.8) is 0 Å². The van der Waals surface area contributed by atoms with Gasteiger partial charge in [0.1, 0.15) is 11.6 Å². The molecule has 0 spiro atoms. The molecule has 7 nitrogen and oxygen atoms in total. The number of nitrogens with one attached hydrogen (secondary N) is 1. The minimum Gasteiger partial charge on any atom is -0.422 e. The number of hydrogen-bond acceptors (Lipinski definition) is 7. The number of hydrogen-bond donors (Lipinski definition) is 5. The molecule has 0 saturated carbocycles. The van der Waals surface area contributed by atoms with Gasteiger partial charge in [-0.25, -0.2) is 0 Å². The lowest BCUT2D eigenvalue weighted by molar-refractivity contribution is 0.281. The number of unbranched alkanes of at least 4 members (excludes halogenated alkanes) is 1. The molecule has 1 heterocycles. The summed E-state index contributed by atoms with van der Waals surface area (Å²) in [6.45, 7) is 1.49. The van der Waals surface area contributed by atoms with E-state index in [-0.39, 0.29) is 30.6 Å². The molecule has 1 aromatic carbocycles. The third kappa shape index (κ3) is 4.48. The van der Waals surface area contributed by atoms with Crippen LogP contribution in [0.25, 0.3) is 0 Å². The van der Waals surface area contributed by atoms with E-state index < -0.39 is 5.92 Å². The van der Waals surface area contributed by atoms with Crippen LogP contribution in [0.5, 0.6) is 0 Å². The van der Waals surface area contributed by atoms with Gasteiger partial charge in [0.25, 0.3) is 0 Å². The van der Waals surface area contributed by atoms with Gasteiger partial charge in [0, 0.05) is 29.9 Å². The lowest BCUT2D eigenvalue weighted by Gasteiger charge is -2.28. The molecular weight excluding hydrogens is 344 g/mol. The fraction of sp³-hybridized carbons (Fsp3) is 0.300. The average Bonchev–Trinajstić information content (AvgIpc) is 2.64. The Morgan fingerprint density at radius 3 is 2.67 bits per heavy atom. The van der Waals surface area contributed by atoms with Crippen molar-refractivity contribution < 1.29 is 14.9 Å². The van der Waals surface area contributed by atoms with Crippen LogP contribution in [0, 0.1) is 28.6 Å². The molecule has 0 saturated heterocycles. The van der Waals surface area contributed by atoms with Gasteiger partial charge in [-0.15, -0.1) is 0 Å². The Kier molecular flexibility index (Phi) is 6.62. The Balaban J connectivity index is 2.63. The van der Waals surface area contributed by atoms with Crippen molar-refractivity contribution in [3.05, 3.63) is 57.6 Å². The van der Waals surface area contributed by atoms with Gasteiger partial charge in [0.15, 0.2) is 0 Å². The molecule has 0 aromatic heterocycles.